The Kier molecular flexibility index (Phi) is 5.51. The van der Waals surface area contributed by atoms with Gasteiger partial charge in [0.15, 0.2) is 0 Å². The van der Waals surface area contributed by atoms with Gasteiger partial charge in [-0.3, -0.25) is 4.98 Å². The molecule has 5 nitrogen and oxygen atoms in total. The topological polar surface area (TPSA) is 71.1 Å². The van der Waals surface area contributed by atoms with Crippen molar-refractivity contribution in [1.29, 1.82) is 0 Å². The van der Waals surface area contributed by atoms with Crippen LogP contribution in [-0.4, -0.2) is 38.3 Å². The van der Waals surface area contributed by atoms with E-state index in [1.807, 2.05) is 25.2 Å². The molecule has 2 N–H and O–H groups in total. The number of pyridine rings is 1. The first-order valence-electron chi connectivity index (χ1n) is 7.16. The van der Waals surface area contributed by atoms with Crippen LogP contribution in [0.15, 0.2) is 24.4 Å². The van der Waals surface area contributed by atoms with Crippen LogP contribution in [0, 0.1) is 0 Å². The second-order valence-corrected chi connectivity index (χ2v) is 7.22. The van der Waals surface area contributed by atoms with Gasteiger partial charge in [0.2, 0.25) is 10.0 Å². The molecular formula is C14H23N3O2S. The maximum Gasteiger partial charge on any atom is 0.212 e. The van der Waals surface area contributed by atoms with Crippen molar-refractivity contribution < 1.29 is 8.42 Å². The van der Waals surface area contributed by atoms with Gasteiger partial charge in [-0.1, -0.05) is 6.07 Å². The normalized spacial score (nSPS) is 23.6. The van der Waals surface area contributed by atoms with E-state index in [-0.39, 0.29) is 11.8 Å². The van der Waals surface area contributed by atoms with Crippen LogP contribution in [0.4, 0.5) is 0 Å². The minimum atomic E-state index is -3.21. The Bertz CT molecular complexity index is 496. The van der Waals surface area contributed by atoms with Crippen LogP contribution in [0.3, 0.4) is 0 Å². The Morgan fingerprint density at radius 3 is 2.50 bits per heavy atom. The van der Waals surface area contributed by atoms with Crippen molar-refractivity contribution in [3.8, 4) is 0 Å². The molecule has 1 aromatic rings. The van der Waals surface area contributed by atoms with Gasteiger partial charge in [0.05, 0.1) is 5.75 Å². The summed E-state index contributed by atoms with van der Waals surface area (Å²) in [6.45, 7) is 0. The standard InChI is InChI=1S/C14H23N3O2S/c1-15-12-5-7-14(8-6-12)17-20(18,19)11-9-13-4-2-3-10-16-13/h2-4,10,12,14-15,17H,5-9,11H2,1H3. The second-order valence-electron chi connectivity index (χ2n) is 5.35. The molecule has 0 atom stereocenters. The Morgan fingerprint density at radius 1 is 1.20 bits per heavy atom. The van der Waals surface area contributed by atoms with Gasteiger partial charge >= 0.3 is 0 Å². The van der Waals surface area contributed by atoms with E-state index in [1.165, 1.54) is 0 Å². The number of aromatic nitrogens is 1. The van der Waals surface area contributed by atoms with E-state index in [0.717, 1.165) is 31.4 Å². The van der Waals surface area contributed by atoms with E-state index < -0.39 is 10.0 Å². The van der Waals surface area contributed by atoms with Crippen LogP contribution in [0.25, 0.3) is 0 Å². The first-order valence-corrected chi connectivity index (χ1v) is 8.81. The summed E-state index contributed by atoms with van der Waals surface area (Å²) in [5.74, 6) is 0.107. The minimum Gasteiger partial charge on any atom is -0.317 e. The van der Waals surface area contributed by atoms with Crippen LogP contribution in [0.2, 0.25) is 0 Å². The molecule has 0 radical (unpaired) electrons. The lowest BCUT2D eigenvalue weighted by Gasteiger charge is -2.28. The Labute approximate surface area is 121 Å². The molecule has 6 heteroatoms. The van der Waals surface area contributed by atoms with Crippen molar-refractivity contribution in [3.63, 3.8) is 0 Å². The quantitative estimate of drug-likeness (QED) is 0.824. The zero-order valence-corrected chi connectivity index (χ0v) is 12.7. The molecule has 0 saturated heterocycles. The molecule has 0 amide bonds. The summed E-state index contributed by atoms with van der Waals surface area (Å²) in [6.07, 6.45) is 6.03. The van der Waals surface area contributed by atoms with E-state index in [9.17, 15) is 8.42 Å². The van der Waals surface area contributed by atoms with Crippen LogP contribution >= 0.6 is 0 Å². The molecular weight excluding hydrogens is 274 g/mol. The Morgan fingerprint density at radius 2 is 1.90 bits per heavy atom. The van der Waals surface area contributed by atoms with Gasteiger partial charge < -0.3 is 5.32 Å². The van der Waals surface area contributed by atoms with Gasteiger partial charge in [-0.15, -0.1) is 0 Å². The van der Waals surface area contributed by atoms with Crippen LogP contribution in [-0.2, 0) is 16.4 Å². The fourth-order valence-electron chi connectivity index (χ4n) is 2.60. The summed E-state index contributed by atoms with van der Waals surface area (Å²) < 4.78 is 27.0. The molecule has 0 aromatic carbocycles. The molecule has 0 unspecified atom stereocenters. The van der Waals surface area contributed by atoms with Gasteiger partial charge in [-0.05, 0) is 44.9 Å². The highest BCUT2D eigenvalue weighted by Crippen LogP contribution is 2.19. The Balaban J connectivity index is 1.79. The molecule has 0 bridgehead atoms. The maximum atomic E-state index is 12.1. The summed E-state index contributed by atoms with van der Waals surface area (Å²) in [6, 6.07) is 6.18. The molecule has 1 aliphatic carbocycles. The first-order chi connectivity index (χ1) is 9.59. The molecule has 1 aromatic heterocycles. The third-order valence-corrected chi connectivity index (χ3v) is 5.27. The highest BCUT2D eigenvalue weighted by atomic mass is 32.2. The number of nitrogens with zero attached hydrogens (tertiary/aromatic N) is 1. The van der Waals surface area contributed by atoms with Crippen LogP contribution < -0.4 is 10.0 Å². The number of aryl methyl sites for hydroxylation is 1. The van der Waals surface area contributed by atoms with Crippen molar-refractivity contribution >= 4 is 10.0 Å². The fourth-order valence-corrected chi connectivity index (χ4v) is 3.94. The van der Waals surface area contributed by atoms with Crippen molar-refractivity contribution in [1.82, 2.24) is 15.0 Å². The first kappa shape index (κ1) is 15.4. The lowest BCUT2D eigenvalue weighted by molar-refractivity contribution is 0.343. The maximum absolute atomic E-state index is 12.1. The van der Waals surface area contributed by atoms with Crippen molar-refractivity contribution in [2.24, 2.45) is 0 Å². The summed E-state index contributed by atoms with van der Waals surface area (Å²) in [4.78, 5) is 4.15. The average molecular weight is 297 g/mol. The molecule has 1 heterocycles. The highest BCUT2D eigenvalue weighted by Gasteiger charge is 2.23. The van der Waals surface area contributed by atoms with Gasteiger partial charge in [0.25, 0.3) is 0 Å². The fraction of sp³-hybridized carbons (Fsp3) is 0.643. The predicted molar refractivity (Wildman–Crippen MR) is 80.0 cm³/mol. The second kappa shape index (κ2) is 7.15. The van der Waals surface area contributed by atoms with Crippen LogP contribution in [0.1, 0.15) is 31.4 Å². The highest BCUT2D eigenvalue weighted by molar-refractivity contribution is 7.89. The number of rotatable bonds is 6. The Hall–Kier alpha value is -0.980. The number of sulfonamides is 1. The van der Waals surface area contributed by atoms with Crippen molar-refractivity contribution in [2.75, 3.05) is 12.8 Å². The SMILES string of the molecule is CNC1CCC(NS(=O)(=O)CCc2ccccn2)CC1. The predicted octanol–water partition coefficient (Wildman–Crippen LogP) is 1.07. The van der Waals surface area contributed by atoms with E-state index in [4.69, 9.17) is 0 Å². The largest absolute Gasteiger partial charge is 0.317 e. The summed E-state index contributed by atoms with van der Waals surface area (Å²) >= 11 is 0. The van der Waals surface area contributed by atoms with E-state index in [2.05, 4.69) is 15.0 Å². The molecule has 20 heavy (non-hydrogen) atoms. The molecule has 1 saturated carbocycles. The lowest BCUT2D eigenvalue weighted by Crippen LogP contribution is -2.42. The minimum absolute atomic E-state index is 0.0910. The summed E-state index contributed by atoms with van der Waals surface area (Å²) in [7, 11) is -1.25. The van der Waals surface area contributed by atoms with Crippen LogP contribution in [0.5, 0.6) is 0 Å². The van der Waals surface area contributed by atoms with E-state index in [1.54, 1.807) is 6.20 Å². The lowest BCUT2D eigenvalue weighted by atomic mass is 9.92. The summed E-state index contributed by atoms with van der Waals surface area (Å²) in [5, 5.41) is 3.25. The zero-order chi connectivity index (χ0) is 14.4. The number of hydrogen-bond donors (Lipinski definition) is 2. The third-order valence-electron chi connectivity index (χ3n) is 3.83. The van der Waals surface area contributed by atoms with E-state index in [0.29, 0.717) is 12.5 Å². The van der Waals surface area contributed by atoms with E-state index >= 15 is 0 Å². The molecule has 0 spiro atoms. The van der Waals surface area contributed by atoms with Gasteiger partial charge in [-0.25, -0.2) is 13.1 Å². The van der Waals surface area contributed by atoms with Gasteiger partial charge in [-0.2, -0.15) is 0 Å². The number of nitrogens with one attached hydrogen (secondary N) is 2. The number of hydrogen-bond acceptors (Lipinski definition) is 4. The van der Waals surface area contributed by atoms with Crippen molar-refractivity contribution in [2.45, 2.75) is 44.2 Å². The average Bonchev–Trinajstić information content (AvgIpc) is 2.47. The summed E-state index contributed by atoms with van der Waals surface area (Å²) in [5.41, 5.74) is 0.816. The van der Waals surface area contributed by atoms with Gasteiger partial charge in [0, 0.05) is 30.4 Å². The molecule has 1 aliphatic rings. The zero-order valence-electron chi connectivity index (χ0n) is 11.9. The third kappa shape index (κ3) is 4.85. The molecule has 2 rings (SSSR count). The van der Waals surface area contributed by atoms with Crippen molar-refractivity contribution in [3.05, 3.63) is 30.1 Å². The molecule has 1 fully saturated rings. The monoisotopic (exact) mass is 297 g/mol. The smallest absolute Gasteiger partial charge is 0.212 e. The molecule has 0 aliphatic heterocycles. The molecule has 112 valence electrons. The van der Waals surface area contributed by atoms with Gasteiger partial charge in [0.1, 0.15) is 0 Å².